The molecule has 0 saturated carbocycles. The first kappa shape index (κ1) is 15.6. The lowest BCUT2D eigenvalue weighted by Gasteiger charge is -2.09. The third-order valence-electron chi connectivity index (χ3n) is 2.44. The molecule has 2 rings (SSSR count). The highest BCUT2D eigenvalue weighted by Crippen LogP contribution is 2.23. The zero-order valence-electron chi connectivity index (χ0n) is 10.2. The summed E-state index contributed by atoms with van der Waals surface area (Å²) < 4.78 is 26.5. The molecule has 0 unspecified atom stereocenters. The van der Waals surface area contributed by atoms with Crippen LogP contribution in [0.4, 0.5) is 5.69 Å². The molecule has 9 heteroatoms. The van der Waals surface area contributed by atoms with Crippen LogP contribution >= 0.6 is 23.2 Å². The summed E-state index contributed by atoms with van der Waals surface area (Å²) in [6, 6.07) is 6.55. The molecule has 0 fully saturated rings. The standard InChI is InChI=1S/C12H8Cl2N2O4S/c13-10-5-9(6-15-11(10)14)21(19,20)16-8-3-1-2-7(4-8)12(17)18/h1-6,16H,(H,17,18). The second-order valence-electron chi connectivity index (χ2n) is 3.94. The van der Waals surface area contributed by atoms with Crippen LogP contribution in [0, 0.1) is 0 Å². The fraction of sp³-hybridized carbons (Fsp3) is 0. The van der Waals surface area contributed by atoms with E-state index in [1.165, 1.54) is 24.3 Å². The normalized spacial score (nSPS) is 11.1. The minimum absolute atomic E-state index is 0.00108. The third-order valence-corrected chi connectivity index (χ3v) is 4.48. The molecule has 0 aliphatic rings. The molecule has 0 bridgehead atoms. The Morgan fingerprint density at radius 2 is 1.95 bits per heavy atom. The molecule has 0 radical (unpaired) electrons. The van der Waals surface area contributed by atoms with Crippen molar-refractivity contribution in [2.75, 3.05) is 4.72 Å². The van der Waals surface area contributed by atoms with Gasteiger partial charge in [0.1, 0.15) is 10.0 Å². The van der Waals surface area contributed by atoms with Gasteiger partial charge >= 0.3 is 5.97 Å². The van der Waals surface area contributed by atoms with E-state index < -0.39 is 16.0 Å². The number of aromatic carboxylic acids is 1. The number of nitrogens with zero attached hydrogens (tertiary/aromatic N) is 1. The molecule has 0 saturated heterocycles. The van der Waals surface area contributed by atoms with Gasteiger partial charge < -0.3 is 5.11 Å². The Bertz CT molecular complexity index is 809. The Kier molecular flexibility index (Phi) is 4.36. The monoisotopic (exact) mass is 346 g/mol. The summed E-state index contributed by atoms with van der Waals surface area (Å²) >= 11 is 11.3. The van der Waals surface area contributed by atoms with E-state index in [1.54, 1.807) is 0 Å². The molecule has 1 heterocycles. The van der Waals surface area contributed by atoms with Gasteiger partial charge in [-0.15, -0.1) is 0 Å². The zero-order chi connectivity index (χ0) is 15.6. The van der Waals surface area contributed by atoms with Crippen molar-refractivity contribution >= 4 is 44.9 Å². The molecule has 1 aromatic heterocycles. The van der Waals surface area contributed by atoms with Crippen molar-refractivity contribution in [2.45, 2.75) is 4.90 Å². The zero-order valence-corrected chi connectivity index (χ0v) is 12.6. The third kappa shape index (κ3) is 3.63. The smallest absolute Gasteiger partial charge is 0.335 e. The van der Waals surface area contributed by atoms with Crippen molar-refractivity contribution in [3.63, 3.8) is 0 Å². The Morgan fingerprint density at radius 3 is 2.57 bits per heavy atom. The van der Waals surface area contributed by atoms with Gasteiger partial charge in [-0.1, -0.05) is 29.3 Å². The molecule has 0 amide bonds. The maximum atomic E-state index is 12.1. The number of rotatable bonds is 4. The Labute approximate surface area is 130 Å². The van der Waals surface area contributed by atoms with Crippen molar-refractivity contribution in [1.82, 2.24) is 4.98 Å². The highest BCUT2D eigenvalue weighted by atomic mass is 35.5. The molecule has 2 N–H and O–H groups in total. The fourth-order valence-corrected chi connectivity index (χ4v) is 2.83. The van der Waals surface area contributed by atoms with Crippen LogP contribution in [0.3, 0.4) is 0 Å². The highest BCUT2D eigenvalue weighted by Gasteiger charge is 2.17. The van der Waals surface area contributed by atoms with Crippen LogP contribution in [0.2, 0.25) is 10.2 Å². The SMILES string of the molecule is O=C(O)c1cccc(NS(=O)(=O)c2cnc(Cl)c(Cl)c2)c1. The number of benzene rings is 1. The molecule has 2 aromatic rings. The number of nitrogens with one attached hydrogen (secondary N) is 1. The molecule has 0 aliphatic carbocycles. The largest absolute Gasteiger partial charge is 0.478 e. The van der Waals surface area contributed by atoms with Crippen LogP contribution in [0.1, 0.15) is 10.4 Å². The number of pyridine rings is 1. The first-order valence-electron chi connectivity index (χ1n) is 5.47. The van der Waals surface area contributed by atoms with E-state index in [-0.39, 0.29) is 26.3 Å². The van der Waals surface area contributed by atoms with E-state index in [0.717, 1.165) is 12.3 Å². The van der Waals surface area contributed by atoms with Crippen LogP contribution in [0.15, 0.2) is 41.4 Å². The number of anilines is 1. The molecule has 0 aliphatic heterocycles. The predicted octanol–water partition coefficient (Wildman–Crippen LogP) is 2.89. The number of sulfonamides is 1. The van der Waals surface area contributed by atoms with Crippen molar-refractivity contribution in [3.05, 3.63) is 52.3 Å². The topological polar surface area (TPSA) is 96.4 Å². The minimum atomic E-state index is -3.94. The second-order valence-corrected chi connectivity index (χ2v) is 6.38. The molecule has 0 atom stereocenters. The minimum Gasteiger partial charge on any atom is -0.478 e. The van der Waals surface area contributed by atoms with E-state index in [9.17, 15) is 13.2 Å². The first-order chi connectivity index (χ1) is 9.79. The molecule has 6 nitrogen and oxygen atoms in total. The predicted molar refractivity (Wildman–Crippen MR) is 78.5 cm³/mol. The molecule has 21 heavy (non-hydrogen) atoms. The van der Waals surface area contributed by atoms with Gasteiger partial charge in [0, 0.05) is 11.9 Å². The summed E-state index contributed by atoms with van der Waals surface area (Å²) in [5.74, 6) is -1.16. The number of carboxylic acid groups (broad SMARTS) is 1. The summed E-state index contributed by atoms with van der Waals surface area (Å²) in [4.78, 5) is 14.3. The fourth-order valence-electron chi connectivity index (χ4n) is 1.48. The Morgan fingerprint density at radius 1 is 1.24 bits per heavy atom. The van der Waals surface area contributed by atoms with Gasteiger partial charge in [-0.25, -0.2) is 18.2 Å². The highest BCUT2D eigenvalue weighted by molar-refractivity contribution is 7.92. The van der Waals surface area contributed by atoms with E-state index in [4.69, 9.17) is 28.3 Å². The number of hydrogen-bond donors (Lipinski definition) is 2. The summed E-state index contributed by atoms with van der Waals surface area (Å²) in [6.07, 6.45) is 1.05. The molecular weight excluding hydrogens is 339 g/mol. The van der Waals surface area contributed by atoms with Crippen molar-refractivity contribution in [1.29, 1.82) is 0 Å². The van der Waals surface area contributed by atoms with Gasteiger partial charge in [-0.2, -0.15) is 0 Å². The number of hydrogen-bond acceptors (Lipinski definition) is 4. The van der Waals surface area contributed by atoms with Gasteiger partial charge in [-0.05, 0) is 24.3 Å². The summed E-state index contributed by atoms with van der Waals surface area (Å²) in [5.41, 5.74) is 0.0726. The van der Waals surface area contributed by atoms with Gasteiger partial charge in [0.2, 0.25) is 0 Å². The lowest BCUT2D eigenvalue weighted by molar-refractivity contribution is 0.0697. The van der Waals surface area contributed by atoms with Gasteiger partial charge in [0.05, 0.1) is 10.6 Å². The molecule has 1 aromatic carbocycles. The molecule has 110 valence electrons. The van der Waals surface area contributed by atoms with Gasteiger partial charge in [-0.3, -0.25) is 4.72 Å². The van der Waals surface area contributed by atoms with Crippen LogP contribution in [0.25, 0.3) is 0 Å². The average molecular weight is 347 g/mol. The van der Waals surface area contributed by atoms with Crippen LogP contribution in [-0.4, -0.2) is 24.5 Å². The van der Waals surface area contributed by atoms with E-state index in [1.807, 2.05) is 0 Å². The average Bonchev–Trinajstić information content (AvgIpc) is 2.41. The van der Waals surface area contributed by atoms with Crippen molar-refractivity contribution < 1.29 is 18.3 Å². The van der Waals surface area contributed by atoms with Crippen LogP contribution in [-0.2, 0) is 10.0 Å². The quantitative estimate of drug-likeness (QED) is 0.829. The maximum Gasteiger partial charge on any atom is 0.335 e. The van der Waals surface area contributed by atoms with Crippen molar-refractivity contribution in [3.8, 4) is 0 Å². The Hall–Kier alpha value is -1.83. The molecular formula is C12H8Cl2N2O4S. The van der Waals surface area contributed by atoms with Gasteiger partial charge in [0.25, 0.3) is 10.0 Å². The summed E-state index contributed by atoms with van der Waals surface area (Å²) in [5, 5.41) is 8.86. The first-order valence-corrected chi connectivity index (χ1v) is 7.71. The maximum absolute atomic E-state index is 12.1. The second kappa shape index (κ2) is 5.88. The Balaban J connectivity index is 2.35. The lowest BCUT2D eigenvalue weighted by atomic mass is 10.2. The lowest BCUT2D eigenvalue weighted by Crippen LogP contribution is -2.13. The number of aromatic nitrogens is 1. The summed E-state index contributed by atoms with van der Waals surface area (Å²) in [6.45, 7) is 0. The number of carbonyl (C=O) groups is 1. The van der Waals surface area contributed by atoms with Gasteiger partial charge in [0.15, 0.2) is 0 Å². The van der Waals surface area contributed by atoms with E-state index in [0.29, 0.717) is 0 Å². The number of carboxylic acids is 1. The molecule has 0 spiro atoms. The van der Waals surface area contributed by atoms with Crippen LogP contribution < -0.4 is 4.72 Å². The van der Waals surface area contributed by atoms with Crippen molar-refractivity contribution in [2.24, 2.45) is 0 Å². The van der Waals surface area contributed by atoms with E-state index >= 15 is 0 Å². The van der Waals surface area contributed by atoms with E-state index in [2.05, 4.69) is 9.71 Å². The van der Waals surface area contributed by atoms with Crippen LogP contribution in [0.5, 0.6) is 0 Å². The summed E-state index contributed by atoms with van der Waals surface area (Å²) in [7, 11) is -3.94. The number of halogens is 2.